The lowest BCUT2D eigenvalue weighted by Gasteiger charge is -2.35. The summed E-state index contributed by atoms with van der Waals surface area (Å²) in [6, 6.07) is 3.07. The molecule has 0 aromatic heterocycles. The van der Waals surface area contributed by atoms with E-state index in [-0.39, 0.29) is 6.04 Å². The summed E-state index contributed by atoms with van der Waals surface area (Å²) in [6.45, 7) is 2.80. The van der Waals surface area contributed by atoms with Crippen LogP contribution in [-0.4, -0.2) is 36.7 Å². The van der Waals surface area contributed by atoms with Crippen molar-refractivity contribution in [3.8, 4) is 6.07 Å². The molecule has 0 spiro atoms. The van der Waals surface area contributed by atoms with Crippen LogP contribution in [0, 0.1) is 11.3 Å². The Morgan fingerprint density at radius 3 is 2.92 bits per heavy atom. The van der Waals surface area contributed by atoms with Gasteiger partial charge in [0.05, 0.1) is 18.7 Å². The number of rotatable bonds is 1. The third-order valence-corrected chi connectivity index (χ3v) is 3.07. The number of hydrogen-bond donors (Lipinski definition) is 0. The quantitative estimate of drug-likeness (QED) is 0.607. The third kappa shape index (κ3) is 1.84. The molecule has 3 heteroatoms. The van der Waals surface area contributed by atoms with Crippen LogP contribution in [-0.2, 0) is 4.74 Å². The van der Waals surface area contributed by atoms with Crippen LogP contribution in [0.2, 0.25) is 0 Å². The summed E-state index contributed by atoms with van der Waals surface area (Å²) in [4.78, 5) is 2.34. The topological polar surface area (TPSA) is 36.3 Å². The van der Waals surface area contributed by atoms with E-state index in [4.69, 9.17) is 10.00 Å². The molecule has 2 aliphatic rings. The predicted octanol–water partition coefficient (Wildman–Crippen LogP) is 1.15. The summed E-state index contributed by atoms with van der Waals surface area (Å²) in [5.41, 5.74) is 0. The molecule has 2 atom stereocenters. The zero-order valence-electron chi connectivity index (χ0n) is 7.91. The van der Waals surface area contributed by atoms with E-state index in [1.165, 1.54) is 12.8 Å². The zero-order chi connectivity index (χ0) is 9.10. The predicted molar refractivity (Wildman–Crippen MR) is 49.2 cm³/mol. The molecule has 2 aliphatic heterocycles. The van der Waals surface area contributed by atoms with Gasteiger partial charge in [-0.1, -0.05) is 0 Å². The number of nitriles is 1. The second-order valence-corrected chi connectivity index (χ2v) is 3.90. The Hall–Kier alpha value is -0.590. The van der Waals surface area contributed by atoms with Crippen molar-refractivity contribution in [2.75, 3.05) is 19.8 Å². The molecule has 2 rings (SSSR count). The van der Waals surface area contributed by atoms with Gasteiger partial charge in [0.2, 0.25) is 0 Å². The van der Waals surface area contributed by atoms with Crippen LogP contribution in [0.1, 0.15) is 25.7 Å². The lowest BCUT2D eigenvalue weighted by atomic mass is 10.0. The highest BCUT2D eigenvalue weighted by molar-refractivity contribution is 4.97. The molecule has 13 heavy (non-hydrogen) atoms. The highest BCUT2D eigenvalue weighted by Gasteiger charge is 2.30. The van der Waals surface area contributed by atoms with Crippen LogP contribution >= 0.6 is 0 Å². The van der Waals surface area contributed by atoms with E-state index in [2.05, 4.69) is 11.0 Å². The first kappa shape index (κ1) is 8.98. The SMILES string of the molecule is N#CC1CCCCN1C1CCOC1. The maximum atomic E-state index is 8.99. The van der Waals surface area contributed by atoms with E-state index in [1.54, 1.807) is 0 Å². The number of nitrogens with zero attached hydrogens (tertiary/aromatic N) is 2. The van der Waals surface area contributed by atoms with Crippen LogP contribution in [0.25, 0.3) is 0 Å². The van der Waals surface area contributed by atoms with E-state index in [1.807, 2.05) is 0 Å². The molecule has 3 nitrogen and oxygen atoms in total. The fourth-order valence-electron chi connectivity index (χ4n) is 2.31. The fourth-order valence-corrected chi connectivity index (χ4v) is 2.31. The molecule has 2 heterocycles. The Labute approximate surface area is 79.3 Å². The van der Waals surface area contributed by atoms with E-state index < -0.39 is 0 Å². The van der Waals surface area contributed by atoms with Crippen LogP contribution in [0.15, 0.2) is 0 Å². The van der Waals surface area contributed by atoms with Gasteiger partial charge in [-0.05, 0) is 32.2 Å². The smallest absolute Gasteiger partial charge is 0.0981 e. The van der Waals surface area contributed by atoms with Gasteiger partial charge < -0.3 is 4.74 Å². The van der Waals surface area contributed by atoms with Gasteiger partial charge in [0, 0.05) is 12.6 Å². The first-order chi connectivity index (χ1) is 6.42. The molecule has 72 valence electrons. The van der Waals surface area contributed by atoms with Crippen molar-refractivity contribution >= 4 is 0 Å². The first-order valence-electron chi connectivity index (χ1n) is 5.15. The molecule has 0 amide bonds. The van der Waals surface area contributed by atoms with Crippen molar-refractivity contribution in [2.45, 2.75) is 37.8 Å². The highest BCUT2D eigenvalue weighted by atomic mass is 16.5. The molecule has 2 unspecified atom stereocenters. The largest absolute Gasteiger partial charge is 0.380 e. The van der Waals surface area contributed by atoms with E-state index in [9.17, 15) is 0 Å². The molecule has 0 bridgehead atoms. The Kier molecular flexibility index (Phi) is 2.82. The number of likely N-dealkylation sites (tertiary alicyclic amines) is 1. The summed E-state index contributed by atoms with van der Waals surface area (Å²) in [5, 5.41) is 8.99. The minimum Gasteiger partial charge on any atom is -0.380 e. The van der Waals surface area contributed by atoms with Gasteiger partial charge in [-0.3, -0.25) is 4.90 Å². The summed E-state index contributed by atoms with van der Waals surface area (Å²) >= 11 is 0. The van der Waals surface area contributed by atoms with Gasteiger partial charge in [0.1, 0.15) is 0 Å². The maximum absolute atomic E-state index is 8.99. The molecule has 2 fully saturated rings. The molecule has 0 aromatic carbocycles. The monoisotopic (exact) mass is 180 g/mol. The number of piperidine rings is 1. The van der Waals surface area contributed by atoms with Crippen molar-refractivity contribution in [1.29, 1.82) is 5.26 Å². The van der Waals surface area contributed by atoms with Gasteiger partial charge in [-0.2, -0.15) is 5.26 Å². The average molecular weight is 180 g/mol. The van der Waals surface area contributed by atoms with Gasteiger partial charge in [0.15, 0.2) is 0 Å². The summed E-state index contributed by atoms with van der Waals surface area (Å²) in [5.74, 6) is 0. The zero-order valence-corrected chi connectivity index (χ0v) is 7.91. The molecule has 0 aromatic rings. The lowest BCUT2D eigenvalue weighted by Crippen LogP contribution is -2.45. The summed E-state index contributed by atoms with van der Waals surface area (Å²) in [6.07, 6.45) is 4.61. The Morgan fingerprint density at radius 2 is 2.23 bits per heavy atom. The Balaban J connectivity index is 1.98. The molecule has 2 saturated heterocycles. The molecular formula is C10H16N2O. The highest BCUT2D eigenvalue weighted by Crippen LogP contribution is 2.22. The Bertz CT molecular complexity index is 205. The molecule has 0 aliphatic carbocycles. The Morgan fingerprint density at radius 1 is 1.31 bits per heavy atom. The average Bonchev–Trinajstić information content (AvgIpc) is 2.70. The van der Waals surface area contributed by atoms with Gasteiger partial charge in [-0.15, -0.1) is 0 Å². The second kappa shape index (κ2) is 4.08. The van der Waals surface area contributed by atoms with Crippen molar-refractivity contribution in [3.05, 3.63) is 0 Å². The van der Waals surface area contributed by atoms with Crippen LogP contribution in [0.4, 0.5) is 0 Å². The van der Waals surface area contributed by atoms with Crippen molar-refractivity contribution < 1.29 is 4.74 Å². The van der Waals surface area contributed by atoms with Gasteiger partial charge >= 0.3 is 0 Å². The third-order valence-electron chi connectivity index (χ3n) is 3.07. The van der Waals surface area contributed by atoms with Gasteiger partial charge in [-0.25, -0.2) is 0 Å². The van der Waals surface area contributed by atoms with Crippen molar-refractivity contribution in [2.24, 2.45) is 0 Å². The summed E-state index contributed by atoms with van der Waals surface area (Å²) in [7, 11) is 0. The van der Waals surface area contributed by atoms with E-state index >= 15 is 0 Å². The van der Waals surface area contributed by atoms with Crippen LogP contribution in [0.5, 0.6) is 0 Å². The van der Waals surface area contributed by atoms with Crippen molar-refractivity contribution in [3.63, 3.8) is 0 Å². The normalized spacial score (nSPS) is 35.9. The van der Waals surface area contributed by atoms with E-state index in [0.717, 1.165) is 32.6 Å². The number of ether oxygens (including phenoxy) is 1. The lowest BCUT2D eigenvalue weighted by molar-refractivity contribution is 0.104. The maximum Gasteiger partial charge on any atom is 0.0981 e. The minimum absolute atomic E-state index is 0.153. The molecule has 0 radical (unpaired) electrons. The molecule has 0 N–H and O–H groups in total. The fraction of sp³-hybridized carbons (Fsp3) is 0.900. The van der Waals surface area contributed by atoms with Crippen molar-refractivity contribution in [1.82, 2.24) is 4.90 Å². The van der Waals surface area contributed by atoms with E-state index in [0.29, 0.717) is 6.04 Å². The van der Waals surface area contributed by atoms with Crippen LogP contribution < -0.4 is 0 Å². The standard InChI is InChI=1S/C10H16N2O/c11-7-9-3-1-2-5-12(9)10-4-6-13-8-10/h9-10H,1-6,8H2. The molecule has 0 saturated carbocycles. The number of hydrogen-bond acceptors (Lipinski definition) is 3. The second-order valence-electron chi connectivity index (χ2n) is 3.90. The van der Waals surface area contributed by atoms with Crippen LogP contribution in [0.3, 0.4) is 0 Å². The minimum atomic E-state index is 0.153. The first-order valence-corrected chi connectivity index (χ1v) is 5.15. The summed E-state index contributed by atoms with van der Waals surface area (Å²) < 4.78 is 5.35. The van der Waals surface area contributed by atoms with Gasteiger partial charge in [0.25, 0.3) is 0 Å². The molecular weight excluding hydrogens is 164 g/mol.